The van der Waals surface area contributed by atoms with Gasteiger partial charge in [-0.25, -0.2) is 0 Å². The summed E-state index contributed by atoms with van der Waals surface area (Å²) in [7, 11) is 1.58. The van der Waals surface area contributed by atoms with Crippen LogP contribution in [0.1, 0.15) is 11.1 Å². The number of nitrogens with zero attached hydrogens (tertiary/aromatic N) is 4. The summed E-state index contributed by atoms with van der Waals surface area (Å²) in [6.07, 6.45) is 5.12. The van der Waals surface area contributed by atoms with Crippen LogP contribution in [0.25, 0.3) is 11.3 Å². The molecule has 0 spiro atoms. The van der Waals surface area contributed by atoms with E-state index in [-0.39, 0.29) is 16.8 Å². The average molecular weight is 351 g/mol. The SMILES string of the molecule is COc1ccc(C2=C(C#N)C(=C(C#N)C#N)NC(c3ccncc3)=C2)cc1. The van der Waals surface area contributed by atoms with Gasteiger partial charge in [0.15, 0.2) is 5.57 Å². The van der Waals surface area contributed by atoms with Gasteiger partial charge in [0.05, 0.1) is 18.4 Å². The zero-order chi connectivity index (χ0) is 19.2. The van der Waals surface area contributed by atoms with E-state index in [4.69, 9.17) is 4.74 Å². The number of hydrogen-bond acceptors (Lipinski definition) is 6. The lowest BCUT2D eigenvalue weighted by atomic mass is 9.91. The lowest BCUT2D eigenvalue weighted by molar-refractivity contribution is 0.415. The number of rotatable bonds is 3. The normalized spacial score (nSPS) is 12.8. The summed E-state index contributed by atoms with van der Waals surface area (Å²) in [5, 5.41) is 31.4. The number of methoxy groups -OCH3 is 1. The van der Waals surface area contributed by atoms with Crippen LogP contribution in [-0.2, 0) is 0 Å². The van der Waals surface area contributed by atoms with E-state index >= 15 is 0 Å². The van der Waals surface area contributed by atoms with E-state index in [1.54, 1.807) is 43.8 Å². The molecule has 6 nitrogen and oxygen atoms in total. The van der Waals surface area contributed by atoms with Crippen LogP contribution in [0.5, 0.6) is 5.75 Å². The third-order valence-electron chi connectivity index (χ3n) is 4.05. The van der Waals surface area contributed by atoms with Crippen molar-refractivity contribution in [1.82, 2.24) is 10.3 Å². The lowest BCUT2D eigenvalue weighted by Crippen LogP contribution is -2.20. The van der Waals surface area contributed by atoms with Gasteiger partial charge >= 0.3 is 0 Å². The molecule has 0 unspecified atom stereocenters. The Bertz CT molecular complexity index is 1070. The first-order chi connectivity index (χ1) is 13.2. The van der Waals surface area contributed by atoms with Gasteiger partial charge in [0.2, 0.25) is 0 Å². The highest BCUT2D eigenvalue weighted by Gasteiger charge is 2.23. The van der Waals surface area contributed by atoms with Crippen molar-refractivity contribution in [1.29, 1.82) is 15.8 Å². The Morgan fingerprint density at radius 2 is 1.63 bits per heavy atom. The van der Waals surface area contributed by atoms with Gasteiger partial charge in [0.1, 0.15) is 24.0 Å². The predicted molar refractivity (Wildman–Crippen MR) is 99.1 cm³/mol. The Kier molecular flexibility index (Phi) is 4.98. The van der Waals surface area contributed by atoms with Gasteiger partial charge in [-0.1, -0.05) is 12.1 Å². The van der Waals surface area contributed by atoms with Crippen molar-refractivity contribution in [3.63, 3.8) is 0 Å². The maximum Gasteiger partial charge on any atom is 0.154 e. The third kappa shape index (κ3) is 3.39. The van der Waals surface area contributed by atoms with E-state index in [9.17, 15) is 15.8 Å². The van der Waals surface area contributed by atoms with Crippen molar-refractivity contribution in [3.05, 3.63) is 82.8 Å². The molecule has 2 aromatic rings. The first kappa shape index (κ1) is 17.5. The molecule has 0 saturated carbocycles. The van der Waals surface area contributed by atoms with E-state index in [2.05, 4.69) is 16.4 Å². The maximum absolute atomic E-state index is 9.73. The smallest absolute Gasteiger partial charge is 0.154 e. The number of dihydropyridines is 1. The Hall–Kier alpha value is -4.34. The fraction of sp³-hybridized carbons (Fsp3) is 0.0476. The first-order valence-electron chi connectivity index (χ1n) is 7.94. The Balaban J connectivity index is 2.27. The van der Waals surface area contributed by atoms with Crippen LogP contribution in [0.2, 0.25) is 0 Å². The van der Waals surface area contributed by atoms with Crippen molar-refractivity contribution < 1.29 is 4.74 Å². The van der Waals surface area contributed by atoms with Gasteiger partial charge < -0.3 is 10.1 Å². The molecule has 1 aromatic heterocycles. The van der Waals surface area contributed by atoms with E-state index in [1.807, 2.05) is 30.3 Å². The third-order valence-corrected chi connectivity index (χ3v) is 4.05. The maximum atomic E-state index is 9.73. The van der Waals surface area contributed by atoms with Crippen LogP contribution in [0, 0.1) is 34.0 Å². The number of aromatic nitrogens is 1. The molecular formula is C21H13N5O. The number of pyridine rings is 1. The summed E-state index contributed by atoms with van der Waals surface area (Å²) < 4.78 is 5.18. The van der Waals surface area contributed by atoms with Crippen molar-refractivity contribution in [2.45, 2.75) is 0 Å². The molecule has 3 rings (SSSR count). The molecule has 0 bridgehead atoms. The zero-order valence-electron chi connectivity index (χ0n) is 14.4. The van der Waals surface area contributed by atoms with Gasteiger partial charge in [-0.2, -0.15) is 15.8 Å². The average Bonchev–Trinajstić information content (AvgIpc) is 2.74. The molecule has 0 fully saturated rings. The van der Waals surface area contributed by atoms with Crippen molar-refractivity contribution >= 4 is 11.3 Å². The molecule has 0 aliphatic carbocycles. The number of benzene rings is 1. The molecule has 1 aliphatic heterocycles. The molecule has 0 radical (unpaired) electrons. The molecule has 1 aliphatic rings. The summed E-state index contributed by atoms with van der Waals surface area (Å²) in [5.41, 5.74) is 3.15. The van der Waals surface area contributed by atoms with E-state index in [0.29, 0.717) is 17.0 Å². The minimum absolute atomic E-state index is 0.155. The van der Waals surface area contributed by atoms with Gasteiger partial charge in [-0.3, -0.25) is 4.98 Å². The molecule has 2 heterocycles. The van der Waals surface area contributed by atoms with E-state index in [1.165, 1.54) is 0 Å². The van der Waals surface area contributed by atoms with E-state index < -0.39 is 0 Å². The number of nitriles is 3. The number of nitrogens with one attached hydrogen (secondary N) is 1. The second kappa shape index (κ2) is 7.70. The monoisotopic (exact) mass is 351 g/mol. The minimum atomic E-state index is -0.155. The number of hydrogen-bond donors (Lipinski definition) is 1. The molecule has 1 aromatic carbocycles. The summed E-state index contributed by atoms with van der Waals surface area (Å²) >= 11 is 0. The molecule has 6 heteroatoms. The largest absolute Gasteiger partial charge is 0.497 e. The molecule has 128 valence electrons. The van der Waals surface area contributed by atoms with Gasteiger partial charge in [-0.15, -0.1) is 0 Å². The van der Waals surface area contributed by atoms with Crippen LogP contribution < -0.4 is 10.1 Å². The fourth-order valence-corrected chi connectivity index (χ4v) is 2.71. The molecular weight excluding hydrogens is 338 g/mol. The molecule has 0 saturated heterocycles. The van der Waals surface area contributed by atoms with Crippen molar-refractivity contribution in [2.24, 2.45) is 0 Å². The molecule has 0 atom stereocenters. The quantitative estimate of drug-likeness (QED) is 0.850. The van der Waals surface area contributed by atoms with Gasteiger partial charge in [0.25, 0.3) is 0 Å². The summed E-state index contributed by atoms with van der Waals surface area (Å²) in [5.74, 6) is 0.690. The van der Waals surface area contributed by atoms with E-state index in [0.717, 1.165) is 11.1 Å². The fourth-order valence-electron chi connectivity index (χ4n) is 2.71. The summed E-state index contributed by atoms with van der Waals surface area (Å²) in [4.78, 5) is 4.00. The second-order valence-electron chi connectivity index (χ2n) is 5.52. The topological polar surface area (TPSA) is 106 Å². The second-order valence-corrected chi connectivity index (χ2v) is 5.52. The number of ether oxygens (including phenoxy) is 1. The van der Waals surface area contributed by atoms with Crippen LogP contribution in [0.3, 0.4) is 0 Å². The highest BCUT2D eigenvalue weighted by Crippen LogP contribution is 2.33. The standard InChI is InChI=1S/C21H13N5O/c1-27-17-4-2-14(3-5-17)18-10-20(15-6-8-25-9-7-15)26-21(19(18)13-24)16(11-22)12-23/h2-10,26H,1H3. The highest BCUT2D eigenvalue weighted by atomic mass is 16.5. The predicted octanol–water partition coefficient (Wildman–Crippen LogP) is 3.31. The Morgan fingerprint density at radius 3 is 2.19 bits per heavy atom. The minimum Gasteiger partial charge on any atom is -0.497 e. The van der Waals surface area contributed by atoms with Gasteiger partial charge in [0, 0.05) is 29.2 Å². The number of allylic oxidation sites excluding steroid dienone is 4. The van der Waals surface area contributed by atoms with Gasteiger partial charge in [-0.05, 0) is 35.9 Å². The zero-order valence-corrected chi connectivity index (χ0v) is 14.4. The molecule has 0 amide bonds. The Morgan fingerprint density at radius 1 is 0.963 bits per heavy atom. The van der Waals surface area contributed by atoms with Crippen molar-refractivity contribution in [2.75, 3.05) is 7.11 Å². The lowest BCUT2D eigenvalue weighted by Gasteiger charge is -2.22. The van der Waals surface area contributed by atoms with Crippen molar-refractivity contribution in [3.8, 4) is 24.0 Å². The highest BCUT2D eigenvalue weighted by molar-refractivity contribution is 5.93. The van der Waals surface area contributed by atoms with Crippen LogP contribution in [-0.4, -0.2) is 12.1 Å². The first-order valence-corrected chi connectivity index (χ1v) is 7.94. The summed E-state index contributed by atoms with van der Waals surface area (Å²) in [6.45, 7) is 0. The molecule has 27 heavy (non-hydrogen) atoms. The van der Waals surface area contributed by atoms with Crippen LogP contribution >= 0.6 is 0 Å². The van der Waals surface area contributed by atoms with Crippen LogP contribution in [0.15, 0.2) is 71.7 Å². The van der Waals surface area contributed by atoms with Crippen LogP contribution in [0.4, 0.5) is 0 Å². The molecule has 1 N–H and O–H groups in total. The summed E-state index contributed by atoms with van der Waals surface area (Å²) in [6, 6.07) is 16.7. The Labute approximate surface area is 156 Å².